The molecular formula is C18H27N3O3. The highest BCUT2D eigenvalue weighted by Gasteiger charge is 2.26. The molecule has 0 radical (unpaired) electrons. The van der Waals surface area contributed by atoms with Gasteiger partial charge in [0.05, 0.1) is 13.1 Å². The van der Waals surface area contributed by atoms with Crippen molar-refractivity contribution >= 4 is 11.8 Å². The lowest BCUT2D eigenvalue weighted by Gasteiger charge is -2.31. The number of carbonyl (C=O) groups excluding carboxylic acids is 2. The number of hydrogen-bond donors (Lipinski definition) is 1. The lowest BCUT2D eigenvalue weighted by atomic mass is 9.95. The van der Waals surface area contributed by atoms with Crippen molar-refractivity contribution in [3.05, 3.63) is 30.3 Å². The van der Waals surface area contributed by atoms with E-state index < -0.39 is 0 Å². The summed E-state index contributed by atoms with van der Waals surface area (Å²) in [5.74, 6) is 1.10. The quantitative estimate of drug-likeness (QED) is 0.756. The first-order valence-electron chi connectivity index (χ1n) is 8.44. The Labute approximate surface area is 143 Å². The number of carbonyl (C=O) groups is 2. The molecule has 0 spiro atoms. The number of nitrogens with one attached hydrogen (secondary N) is 1. The molecule has 6 nitrogen and oxygen atoms in total. The van der Waals surface area contributed by atoms with Crippen LogP contribution in [0.4, 0.5) is 0 Å². The number of rotatable bonds is 7. The molecular weight excluding hydrogens is 306 g/mol. The van der Waals surface area contributed by atoms with Gasteiger partial charge in [0.25, 0.3) is 0 Å². The van der Waals surface area contributed by atoms with Crippen molar-refractivity contribution in [1.29, 1.82) is 0 Å². The van der Waals surface area contributed by atoms with E-state index in [4.69, 9.17) is 4.74 Å². The van der Waals surface area contributed by atoms with E-state index in [9.17, 15) is 9.59 Å². The number of likely N-dealkylation sites (tertiary alicyclic amines) is 1. The zero-order valence-corrected chi connectivity index (χ0v) is 14.5. The fourth-order valence-corrected chi connectivity index (χ4v) is 2.84. The zero-order valence-electron chi connectivity index (χ0n) is 14.5. The van der Waals surface area contributed by atoms with E-state index >= 15 is 0 Å². The molecule has 0 unspecified atom stereocenters. The van der Waals surface area contributed by atoms with Gasteiger partial charge in [0.1, 0.15) is 12.4 Å². The SMILES string of the molecule is CN(C)C(=O)C1CCN(CC(=O)NCCOc2ccccc2)CC1. The van der Waals surface area contributed by atoms with Gasteiger partial charge in [0.15, 0.2) is 0 Å². The number of ether oxygens (including phenoxy) is 1. The maximum atomic E-state index is 12.0. The average molecular weight is 333 g/mol. The Morgan fingerprint density at radius 2 is 1.88 bits per heavy atom. The van der Waals surface area contributed by atoms with Crippen LogP contribution in [-0.2, 0) is 9.59 Å². The Morgan fingerprint density at radius 1 is 1.21 bits per heavy atom. The second-order valence-electron chi connectivity index (χ2n) is 6.29. The van der Waals surface area contributed by atoms with Crippen LogP contribution >= 0.6 is 0 Å². The fourth-order valence-electron chi connectivity index (χ4n) is 2.84. The molecule has 2 amide bonds. The molecule has 132 valence electrons. The second kappa shape index (κ2) is 9.27. The molecule has 1 saturated heterocycles. The van der Waals surface area contributed by atoms with Crippen molar-refractivity contribution in [2.24, 2.45) is 5.92 Å². The molecule has 1 fully saturated rings. The summed E-state index contributed by atoms with van der Waals surface area (Å²) < 4.78 is 5.54. The average Bonchev–Trinajstić information content (AvgIpc) is 2.59. The van der Waals surface area contributed by atoms with Gasteiger partial charge in [-0.3, -0.25) is 14.5 Å². The van der Waals surface area contributed by atoms with Gasteiger partial charge >= 0.3 is 0 Å². The standard InChI is InChI=1S/C18H27N3O3/c1-20(2)18(23)15-8-11-21(12-9-15)14-17(22)19-10-13-24-16-6-4-3-5-7-16/h3-7,15H,8-14H2,1-2H3,(H,19,22). The van der Waals surface area contributed by atoms with E-state index in [-0.39, 0.29) is 17.7 Å². The summed E-state index contributed by atoms with van der Waals surface area (Å²) in [6, 6.07) is 9.54. The van der Waals surface area contributed by atoms with E-state index in [1.54, 1.807) is 19.0 Å². The zero-order chi connectivity index (χ0) is 17.4. The molecule has 2 rings (SSSR count). The van der Waals surface area contributed by atoms with Gasteiger partial charge < -0.3 is 15.0 Å². The summed E-state index contributed by atoms with van der Waals surface area (Å²) in [5, 5.41) is 2.87. The largest absolute Gasteiger partial charge is 0.492 e. The minimum atomic E-state index is 0.00375. The Kier molecular flexibility index (Phi) is 7.06. The Bertz CT molecular complexity index is 526. The van der Waals surface area contributed by atoms with Crippen molar-refractivity contribution < 1.29 is 14.3 Å². The Hall–Kier alpha value is -2.08. The first-order chi connectivity index (χ1) is 11.6. The van der Waals surface area contributed by atoms with Crippen LogP contribution in [-0.4, -0.2) is 68.5 Å². The molecule has 1 aromatic rings. The fraction of sp³-hybridized carbons (Fsp3) is 0.556. The number of para-hydroxylation sites is 1. The molecule has 1 aliphatic heterocycles. The third kappa shape index (κ3) is 5.85. The maximum Gasteiger partial charge on any atom is 0.234 e. The highest BCUT2D eigenvalue weighted by Crippen LogP contribution is 2.18. The van der Waals surface area contributed by atoms with Crippen LogP contribution in [0.15, 0.2) is 30.3 Å². The van der Waals surface area contributed by atoms with Crippen LogP contribution < -0.4 is 10.1 Å². The molecule has 0 saturated carbocycles. The third-order valence-electron chi connectivity index (χ3n) is 4.18. The lowest BCUT2D eigenvalue weighted by Crippen LogP contribution is -2.44. The molecule has 24 heavy (non-hydrogen) atoms. The van der Waals surface area contributed by atoms with E-state index in [0.29, 0.717) is 19.7 Å². The van der Waals surface area contributed by atoms with Gasteiger partial charge in [-0.2, -0.15) is 0 Å². The normalized spacial score (nSPS) is 15.8. The first-order valence-corrected chi connectivity index (χ1v) is 8.44. The van der Waals surface area contributed by atoms with E-state index in [1.165, 1.54) is 0 Å². The highest BCUT2D eigenvalue weighted by atomic mass is 16.5. The monoisotopic (exact) mass is 333 g/mol. The van der Waals surface area contributed by atoms with Crippen molar-refractivity contribution in [3.8, 4) is 5.75 Å². The number of benzene rings is 1. The molecule has 0 atom stereocenters. The summed E-state index contributed by atoms with van der Waals surface area (Å²) in [6.07, 6.45) is 1.64. The Balaban J connectivity index is 1.59. The van der Waals surface area contributed by atoms with Gasteiger partial charge in [-0.05, 0) is 38.1 Å². The van der Waals surface area contributed by atoms with Gasteiger partial charge in [-0.25, -0.2) is 0 Å². The second-order valence-corrected chi connectivity index (χ2v) is 6.29. The van der Waals surface area contributed by atoms with Gasteiger partial charge in [0, 0.05) is 20.0 Å². The highest BCUT2D eigenvalue weighted by molar-refractivity contribution is 5.79. The Morgan fingerprint density at radius 3 is 2.50 bits per heavy atom. The summed E-state index contributed by atoms with van der Waals surface area (Å²) in [7, 11) is 3.58. The van der Waals surface area contributed by atoms with Crippen LogP contribution in [0.5, 0.6) is 5.75 Å². The molecule has 1 aliphatic rings. The molecule has 1 heterocycles. The molecule has 1 N–H and O–H groups in total. The van der Waals surface area contributed by atoms with Crippen LogP contribution in [0.2, 0.25) is 0 Å². The van der Waals surface area contributed by atoms with E-state index in [0.717, 1.165) is 31.7 Å². The van der Waals surface area contributed by atoms with Crippen LogP contribution in [0.25, 0.3) is 0 Å². The minimum absolute atomic E-state index is 0.00375. The smallest absolute Gasteiger partial charge is 0.234 e. The van der Waals surface area contributed by atoms with Crippen molar-refractivity contribution in [2.45, 2.75) is 12.8 Å². The van der Waals surface area contributed by atoms with E-state index in [1.807, 2.05) is 30.3 Å². The summed E-state index contributed by atoms with van der Waals surface area (Å²) in [6.45, 7) is 2.91. The predicted octanol–water partition coefficient (Wildman–Crippen LogP) is 0.982. The molecule has 1 aromatic carbocycles. The molecule has 0 bridgehead atoms. The molecule has 0 aliphatic carbocycles. The maximum absolute atomic E-state index is 12.0. The molecule has 0 aromatic heterocycles. The summed E-state index contributed by atoms with van der Waals surface area (Å²) in [5.41, 5.74) is 0. The summed E-state index contributed by atoms with van der Waals surface area (Å²) in [4.78, 5) is 27.7. The number of amides is 2. The van der Waals surface area contributed by atoms with E-state index in [2.05, 4.69) is 10.2 Å². The van der Waals surface area contributed by atoms with Gasteiger partial charge in [0.2, 0.25) is 11.8 Å². The first kappa shape index (κ1) is 18.3. The van der Waals surface area contributed by atoms with Gasteiger partial charge in [-0.15, -0.1) is 0 Å². The third-order valence-corrected chi connectivity index (χ3v) is 4.18. The number of piperidine rings is 1. The van der Waals surface area contributed by atoms with Crippen molar-refractivity contribution in [2.75, 3.05) is 46.9 Å². The van der Waals surface area contributed by atoms with Crippen LogP contribution in [0, 0.1) is 5.92 Å². The lowest BCUT2D eigenvalue weighted by molar-refractivity contribution is -0.134. The number of hydrogen-bond acceptors (Lipinski definition) is 4. The predicted molar refractivity (Wildman–Crippen MR) is 92.8 cm³/mol. The molecule has 6 heteroatoms. The number of nitrogens with zero attached hydrogens (tertiary/aromatic N) is 2. The topological polar surface area (TPSA) is 61.9 Å². The van der Waals surface area contributed by atoms with Gasteiger partial charge in [-0.1, -0.05) is 18.2 Å². The summed E-state index contributed by atoms with van der Waals surface area (Å²) >= 11 is 0. The van der Waals surface area contributed by atoms with Crippen molar-refractivity contribution in [3.63, 3.8) is 0 Å². The van der Waals surface area contributed by atoms with Crippen molar-refractivity contribution in [1.82, 2.24) is 15.1 Å². The minimum Gasteiger partial charge on any atom is -0.492 e. The van der Waals surface area contributed by atoms with Crippen LogP contribution in [0.3, 0.4) is 0 Å². The van der Waals surface area contributed by atoms with Crippen LogP contribution in [0.1, 0.15) is 12.8 Å².